The summed E-state index contributed by atoms with van der Waals surface area (Å²) in [7, 11) is 0. The Balaban J connectivity index is 1.19. The van der Waals surface area contributed by atoms with Gasteiger partial charge in [-0.3, -0.25) is 4.79 Å². The maximum atomic E-state index is 12.6. The van der Waals surface area contributed by atoms with Crippen molar-refractivity contribution in [1.29, 1.82) is 0 Å². The molecule has 1 amide bonds. The third-order valence-corrected chi connectivity index (χ3v) is 5.84. The third kappa shape index (κ3) is 4.53. The van der Waals surface area contributed by atoms with Crippen molar-refractivity contribution >= 4 is 22.9 Å². The van der Waals surface area contributed by atoms with Crippen LogP contribution < -0.4 is 10.1 Å². The van der Waals surface area contributed by atoms with E-state index in [1.807, 2.05) is 82.8 Å². The number of amides is 1. The van der Waals surface area contributed by atoms with Crippen LogP contribution in [0, 0.1) is 0 Å². The summed E-state index contributed by atoms with van der Waals surface area (Å²) in [5.41, 5.74) is 4.14. The molecule has 0 unspecified atom stereocenters. The molecule has 3 heterocycles. The second-order valence-corrected chi connectivity index (χ2v) is 8.07. The Morgan fingerprint density at radius 3 is 2.72 bits per heavy atom. The molecule has 5 rings (SSSR count). The number of carbonyl (C=O) groups is 1. The van der Waals surface area contributed by atoms with E-state index in [-0.39, 0.29) is 5.91 Å². The number of rotatable bonds is 7. The largest absolute Gasteiger partial charge is 0.487 e. The third-order valence-electron chi connectivity index (χ3n) is 4.90. The van der Waals surface area contributed by atoms with E-state index >= 15 is 0 Å². The van der Waals surface area contributed by atoms with E-state index in [9.17, 15) is 4.79 Å². The SMILES string of the molecule is O=C(NCc1csc(-c2ccccc2)n1)c1cccc(OCc2cn3ccccc3n2)c1. The molecule has 0 spiro atoms. The van der Waals surface area contributed by atoms with Crippen LogP contribution in [0.5, 0.6) is 5.75 Å². The van der Waals surface area contributed by atoms with E-state index in [2.05, 4.69) is 15.3 Å². The molecule has 2 aromatic carbocycles. The number of thiazole rings is 1. The monoisotopic (exact) mass is 440 g/mol. The highest BCUT2D eigenvalue weighted by atomic mass is 32.1. The molecular formula is C25H20N4O2S. The molecule has 0 saturated carbocycles. The predicted molar refractivity (Wildman–Crippen MR) is 125 cm³/mol. The Labute approximate surface area is 189 Å². The Bertz CT molecular complexity index is 1330. The number of hydrogen-bond acceptors (Lipinski definition) is 5. The summed E-state index contributed by atoms with van der Waals surface area (Å²) < 4.78 is 7.81. The average molecular weight is 441 g/mol. The van der Waals surface area contributed by atoms with Crippen LogP contribution in [0.25, 0.3) is 16.2 Å². The molecule has 3 aromatic heterocycles. The molecule has 0 aliphatic heterocycles. The fraction of sp³-hybridized carbons (Fsp3) is 0.0800. The molecule has 0 aliphatic carbocycles. The molecular weight excluding hydrogens is 420 g/mol. The summed E-state index contributed by atoms with van der Waals surface area (Å²) in [6.45, 7) is 0.697. The van der Waals surface area contributed by atoms with E-state index in [0.717, 1.165) is 27.6 Å². The fourth-order valence-electron chi connectivity index (χ4n) is 3.32. The van der Waals surface area contributed by atoms with Crippen LogP contribution in [0.4, 0.5) is 0 Å². The summed E-state index contributed by atoms with van der Waals surface area (Å²) in [6, 6.07) is 23.0. The van der Waals surface area contributed by atoms with Gasteiger partial charge in [0, 0.05) is 28.9 Å². The summed E-state index contributed by atoms with van der Waals surface area (Å²) >= 11 is 1.57. The van der Waals surface area contributed by atoms with Crippen molar-refractivity contribution in [2.45, 2.75) is 13.2 Å². The van der Waals surface area contributed by atoms with E-state index in [0.29, 0.717) is 24.5 Å². The predicted octanol–water partition coefficient (Wildman–Crippen LogP) is 4.97. The molecule has 5 aromatic rings. The number of benzene rings is 2. The zero-order valence-corrected chi connectivity index (χ0v) is 18.0. The van der Waals surface area contributed by atoms with Crippen molar-refractivity contribution in [2.24, 2.45) is 0 Å². The van der Waals surface area contributed by atoms with Crippen LogP contribution in [-0.4, -0.2) is 20.3 Å². The number of hydrogen-bond donors (Lipinski definition) is 1. The van der Waals surface area contributed by atoms with Gasteiger partial charge in [0.05, 0.1) is 17.9 Å². The minimum Gasteiger partial charge on any atom is -0.487 e. The van der Waals surface area contributed by atoms with Crippen molar-refractivity contribution in [1.82, 2.24) is 19.7 Å². The summed E-state index contributed by atoms with van der Waals surface area (Å²) in [5.74, 6) is 0.451. The highest BCUT2D eigenvalue weighted by Gasteiger charge is 2.10. The highest BCUT2D eigenvalue weighted by molar-refractivity contribution is 7.13. The summed E-state index contributed by atoms with van der Waals surface area (Å²) in [5, 5.41) is 5.84. The Hall–Kier alpha value is -3.97. The first-order valence-corrected chi connectivity index (χ1v) is 11.1. The number of carbonyl (C=O) groups excluding carboxylic acids is 1. The van der Waals surface area contributed by atoms with Crippen LogP contribution in [0.15, 0.2) is 90.6 Å². The lowest BCUT2D eigenvalue weighted by atomic mass is 10.2. The van der Waals surface area contributed by atoms with Crippen molar-refractivity contribution in [3.05, 3.63) is 108 Å². The molecule has 1 N–H and O–H groups in total. The molecule has 7 heteroatoms. The van der Waals surface area contributed by atoms with Crippen molar-refractivity contribution in [3.63, 3.8) is 0 Å². The summed E-state index contributed by atoms with van der Waals surface area (Å²) in [6.07, 6.45) is 3.88. The zero-order valence-electron chi connectivity index (χ0n) is 17.1. The molecule has 0 fully saturated rings. The van der Waals surface area contributed by atoms with Crippen molar-refractivity contribution in [3.8, 4) is 16.3 Å². The Morgan fingerprint density at radius 1 is 0.969 bits per heavy atom. The van der Waals surface area contributed by atoms with Gasteiger partial charge in [0.15, 0.2) is 0 Å². The lowest BCUT2D eigenvalue weighted by molar-refractivity contribution is 0.0950. The number of imidazole rings is 1. The van der Waals surface area contributed by atoms with Gasteiger partial charge in [-0.05, 0) is 30.3 Å². The molecule has 0 atom stereocenters. The maximum absolute atomic E-state index is 12.6. The minimum atomic E-state index is -0.169. The molecule has 0 saturated heterocycles. The van der Waals surface area contributed by atoms with Crippen LogP contribution in [0.3, 0.4) is 0 Å². The Kier molecular flexibility index (Phi) is 5.63. The highest BCUT2D eigenvalue weighted by Crippen LogP contribution is 2.23. The van der Waals surface area contributed by atoms with Gasteiger partial charge < -0.3 is 14.5 Å². The number of pyridine rings is 1. The lowest BCUT2D eigenvalue weighted by Gasteiger charge is -2.07. The Morgan fingerprint density at radius 2 is 1.84 bits per heavy atom. The number of aromatic nitrogens is 3. The molecule has 0 bridgehead atoms. The van der Waals surface area contributed by atoms with Crippen LogP contribution >= 0.6 is 11.3 Å². The standard InChI is InChI=1S/C25H20N4O2S/c30-24(26-14-20-17-32-25(28-20)18-7-2-1-3-8-18)19-9-6-10-22(13-19)31-16-21-15-29-12-5-4-11-23(29)27-21/h1-13,15,17H,14,16H2,(H,26,30). The van der Waals surface area contributed by atoms with Crippen molar-refractivity contribution in [2.75, 3.05) is 0 Å². The molecule has 6 nitrogen and oxygen atoms in total. The van der Waals surface area contributed by atoms with Crippen LogP contribution in [0.2, 0.25) is 0 Å². The second-order valence-electron chi connectivity index (χ2n) is 7.21. The topological polar surface area (TPSA) is 68.5 Å². The smallest absolute Gasteiger partial charge is 0.251 e. The fourth-order valence-corrected chi connectivity index (χ4v) is 4.14. The zero-order chi connectivity index (χ0) is 21.8. The van der Waals surface area contributed by atoms with E-state index < -0.39 is 0 Å². The van der Waals surface area contributed by atoms with Gasteiger partial charge in [-0.2, -0.15) is 0 Å². The summed E-state index contributed by atoms with van der Waals surface area (Å²) in [4.78, 5) is 21.8. The van der Waals surface area contributed by atoms with Crippen molar-refractivity contribution < 1.29 is 9.53 Å². The first kappa shape index (κ1) is 20.0. The normalized spacial score (nSPS) is 10.9. The first-order chi connectivity index (χ1) is 15.7. The molecule has 0 radical (unpaired) electrons. The van der Waals surface area contributed by atoms with Gasteiger partial charge in [-0.25, -0.2) is 9.97 Å². The van der Waals surface area contributed by atoms with Crippen LogP contribution in [0.1, 0.15) is 21.7 Å². The van der Waals surface area contributed by atoms with Gasteiger partial charge in [0.2, 0.25) is 0 Å². The maximum Gasteiger partial charge on any atom is 0.251 e. The van der Waals surface area contributed by atoms with E-state index in [1.165, 1.54) is 0 Å². The number of nitrogens with one attached hydrogen (secondary N) is 1. The number of fused-ring (bicyclic) bond motifs is 1. The van der Waals surface area contributed by atoms with Crippen LogP contribution in [-0.2, 0) is 13.2 Å². The van der Waals surface area contributed by atoms with E-state index in [4.69, 9.17) is 4.74 Å². The van der Waals surface area contributed by atoms with Gasteiger partial charge in [-0.1, -0.05) is 42.5 Å². The average Bonchev–Trinajstić information content (AvgIpc) is 3.49. The number of ether oxygens (including phenoxy) is 1. The lowest BCUT2D eigenvalue weighted by Crippen LogP contribution is -2.22. The first-order valence-electron chi connectivity index (χ1n) is 10.2. The van der Waals surface area contributed by atoms with E-state index in [1.54, 1.807) is 23.5 Å². The molecule has 0 aliphatic rings. The van der Waals surface area contributed by atoms with Gasteiger partial charge >= 0.3 is 0 Å². The second kappa shape index (κ2) is 9.03. The van der Waals surface area contributed by atoms with Gasteiger partial charge in [0.25, 0.3) is 5.91 Å². The molecule has 32 heavy (non-hydrogen) atoms. The molecule has 158 valence electrons. The van der Waals surface area contributed by atoms with Gasteiger partial charge in [-0.15, -0.1) is 11.3 Å². The van der Waals surface area contributed by atoms with Gasteiger partial charge in [0.1, 0.15) is 23.0 Å². The quantitative estimate of drug-likeness (QED) is 0.388. The number of nitrogens with zero attached hydrogens (tertiary/aromatic N) is 3. The minimum absolute atomic E-state index is 0.169.